The normalized spacial score (nSPS) is 18.9. The van der Waals surface area contributed by atoms with E-state index in [-0.39, 0.29) is 5.41 Å². The van der Waals surface area contributed by atoms with Crippen LogP contribution in [-0.2, 0) is 10.0 Å². The number of sulfonamides is 1. The van der Waals surface area contributed by atoms with Gasteiger partial charge in [0.2, 0.25) is 10.0 Å². The van der Waals surface area contributed by atoms with Crippen LogP contribution in [0.3, 0.4) is 0 Å². The standard InChI is InChI=1S/C15H22BrNO2S/c1-13-5-7-14(8-6-13)20(18,19)17-12-15(11-16)9-3-2-4-10-15/h5-8,17H,2-4,9-12H2,1H3. The zero-order valence-electron chi connectivity index (χ0n) is 11.9. The molecule has 0 bridgehead atoms. The number of nitrogens with one attached hydrogen (secondary N) is 1. The summed E-state index contributed by atoms with van der Waals surface area (Å²) in [4.78, 5) is 0.351. The Morgan fingerprint density at radius 2 is 1.75 bits per heavy atom. The summed E-state index contributed by atoms with van der Waals surface area (Å²) in [6.07, 6.45) is 5.83. The minimum Gasteiger partial charge on any atom is -0.211 e. The second-order valence-corrected chi connectivity index (χ2v) is 8.16. The Balaban J connectivity index is 2.06. The summed E-state index contributed by atoms with van der Waals surface area (Å²) in [7, 11) is -3.40. The molecule has 0 radical (unpaired) electrons. The van der Waals surface area contributed by atoms with Gasteiger partial charge in [0.25, 0.3) is 0 Å². The average Bonchev–Trinajstić information content (AvgIpc) is 2.47. The molecule has 0 spiro atoms. The predicted octanol–water partition coefficient (Wildman–Crippen LogP) is 3.62. The van der Waals surface area contributed by atoms with E-state index in [1.807, 2.05) is 19.1 Å². The summed E-state index contributed by atoms with van der Waals surface area (Å²) in [5, 5.41) is 0.858. The minimum absolute atomic E-state index is 0.0794. The Bertz CT molecular complexity index is 533. The Hall–Kier alpha value is -0.390. The van der Waals surface area contributed by atoms with Crippen LogP contribution in [0.1, 0.15) is 37.7 Å². The van der Waals surface area contributed by atoms with Crippen molar-refractivity contribution in [2.45, 2.75) is 43.9 Å². The van der Waals surface area contributed by atoms with Crippen molar-refractivity contribution in [1.29, 1.82) is 0 Å². The maximum absolute atomic E-state index is 12.3. The molecule has 1 aromatic rings. The second-order valence-electron chi connectivity index (χ2n) is 5.83. The molecule has 1 N–H and O–H groups in total. The first-order valence-electron chi connectivity index (χ1n) is 7.10. The van der Waals surface area contributed by atoms with Crippen LogP contribution in [0, 0.1) is 12.3 Å². The van der Waals surface area contributed by atoms with Gasteiger partial charge in [0, 0.05) is 11.9 Å². The van der Waals surface area contributed by atoms with Gasteiger partial charge in [-0.05, 0) is 37.3 Å². The van der Waals surface area contributed by atoms with E-state index in [1.54, 1.807) is 12.1 Å². The first kappa shape index (κ1) is 16.0. The van der Waals surface area contributed by atoms with E-state index in [0.717, 1.165) is 23.7 Å². The second kappa shape index (κ2) is 6.58. The van der Waals surface area contributed by atoms with E-state index in [1.165, 1.54) is 19.3 Å². The lowest BCUT2D eigenvalue weighted by Gasteiger charge is -2.35. The fraction of sp³-hybridized carbons (Fsp3) is 0.600. The third-order valence-corrected chi connectivity index (χ3v) is 6.77. The van der Waals surface area contributed by atoms with Gasteiger partial charge in [0.1, 0.15) is 0 Å². The highest BCUT2D eigenvalue weighted by Gasteiger charge is 2.32. The van der Waals surface area contributed by atoms with E-state index in [0.29, 0.717) is 11.4 Å². The third kappa shape index (κ3) is 3.83. The number of aryl methyl sites for hydroxylation is 1. The van der Waals surface area contributed by atoms with Crippen LogP contribution in [0.4, 0.5) is 0 Å². The number of benzene rings is 1. The molecule has 0 heterocycles. The number of hydrogen-bond acceptors (Lipinski definition) is 2. The maximum atomic E-state index is 12.3. The molecule has 1 aromatic carbocycles. The van der Waals surface area contributed by atoms with Gasteiger partial charge >= 0.3 is 0 Å². The van der Waals surface area contributed by atoms with Gasteiger partial charge in [0.15, 0.2) is 0 Å². The maximum Gasteiger partial charge on any atom is 0.240 e. The molecule has 112 valence electrons. The molecule has 0 saturated heterocycles. The Morgan fingerprint density at radius 1 is 1.15 bits per heavy atom. The van der Waals surface area contributed by atoms with Crippen molar-refractivity contribution in [2.75, 3.05) is 11.9 Å². The molecule has 1 saturated carbocycles. The fourth-order valence-electron chi connectivity index (χ4n) is 2.71. The molecule has 1 aliphatic carbocycles. The molecule has 0 amide bonds. The predicted molar refractivity (Wildman–Crippen MR) is 85.7 cm³/mol. The Labute approximate surface area is 130 Å². The zero-order chi connectivity index (χ0) is 14.6. The molecular formula is C15H22BrNO2S. The number of halogens is 1. The number of rotatable bonds is 5. The van der Waals surface area contributed by atoms with Gasteiger partial charge < -0.3 is 0 Å². The number of hydrogen-bond donors (Lipinski definition) is 1. The smallest absolute Gasteiger partial charge is 0.211 e. The molecule has 20 heavy (non-hydrogen) atoms. The van der Waals surface area contributed by atoms with Crippen molar-refractivity contribution in [1.82, 2.24) is 4.72 Å². The van der Waals surface area contributed by atoms with E-state index in [4.69, 9.17) is 0 Å². The van der Waals surface area contributed by atoms with Gasteiger partial charge in [-0.15, -0.1) is 0 Å². The van der Waals surface area contributed by atoms with Crippen molar-refractivity contribution >= 4 is 26.0 Å². The molecular weight excluding hydrogens is 338 g/mol. The van der Waals surface area contributed by atoms with Crippen molar-refractivity contribution in [3.05, 3.63) is 29.8 Å². The highest BCUT2D eigenvalue weighted by Crippen LogP contribution is 2.37. The minimum atomic E-state index is -3.40. The summed E-state index contributed by atoms with van der Waals surface area (Å²) >= 11 is 3.57. The van der Waals surface area contributed by atoms with E-state index >= 15 is 0 Å². The average molecular weight is 360 g/mol. The monoisotopic (exact) mass is 359 g/mol. The zero-order valence-corrected chi connectivity index (χ0v) is 14.3. The van der Waals surface area contributed by atoms with Crippen LogP contribution in [0.25, 0.3) is 0 Å². The van der Waals surface area contributed by atoms with Crippen LogP contribution in [0.2, 0.25) is 0 Å². The van der Waals surface area contributed by atoms with Crippen LogP contribution in [0.15, 0.2) is 29.2 Å². The molecule has 0 unspecified atom stereocenters. The lowest BCUT2D eigenvalue weighted by atomic mass is 9.76. The molecule has 3 nitrogen and oxygen atoms in total. The molecule has 1 aliphatic rings. The lowest BCUT2D eigenvalue weighted by molar-refractivity contribution is 0.227. The number of alkyl halides is 1. The van der Waals surface area contributed by atoms with Gasteiger partial charge in [-0.2, -0.15) is 0 Å². The summed E-state index contributed by atoms with van der Waals surface area (Å²) in [5.41, 5.74) is 1.14. The largest absolute Gasteiger partial charge is 0.240 e. The molecule has 5 heteroatoms. The van der Waals surface area contributed by atoms with Gasteiger partial charge in [-0.3, -0.25) is 0 Å². The summed E-state index contributed by atoms with van der Waals surface area (Å²) in [6.45, 7) is 2.47. The first-order valence-corrected chi connectivity index (χ1v) is 9.70. The lowest BCUT2D eigenvalue weighted by Crippen LogP contribution is -2.40. The highest BCUT2D eigenvalue weighted by molar-refractivity contribution is 9.09. The molecule has 0 atom stereocenters. The summed E-state index contributed by atoms with van der Waals surface area (Å²) < 4.78 is 27.4. The quantitative estimate of drug-likeness (QED) is 0.816. The molecule has 0 aromatic heterocycles. The Morgan fingerprint density at radius 3 is 2.30 bits per heavy atom. The van der Waals surface area contributed by atoms with Crippen LogP contribution in [0.5, 0.6) is 0 Å². The molecule has 1 fully saturated rings. The van der Waals surface area contributed by atoms with Gasteiger partial charge in [-0.1, -0.05) is 52.9 Å². The summed E-state index contributed by atoms with van der Waals surface area (Å²) in [5.74, 6) is 0. The SMILES string of the molecule is Cc1ccc(S(=O)(=O)NCC2(CBr)CCCCC2)cc1. The van der Waals surface area contributed by atoms with E-state index in [9.17, 15) is 8.42 Å². The van der Waals surface area contributed by atoms with Crippen LogP contribution < -0.4 is 4.72 Å². The molecule has 0 aliphatic heterocycles. The highest BCUT2D eigenvalue weighted by atomic mass is 79.9. The first-order chi connectivity index (χ1) is 9.47. The third-order valence-electron chi connectivity index (χ3n) is 4.17. The fourth-order valence-corrected chi connectivity index (χ4v) is 4.62. The van der Waals surface area contributed by atoms with E-state index < -0.39 is 10.0 Å². The molecule has 2 rings (SSSR count). The van der Waals surface area contributed by atoms with Crippen molar-refractivity contribution < 1.29 is 8.42 Å². The topological polar surface area (TPSA) is 46.2 Å². The van der Waals surface area contributed by atoms with Crippen molar-refractivity contribution in [3.8, 4) is 0 Å². The van der Waals surface area contributed by atoms with Crippen LogP contribution >= 0.6 is 15.9 Å². The van der Waals surface area contributed by atoms with Gasteiger partial charge in [0.05, 0.1) is 4.90 Å². The van der Waals surface area contributed by atoms with Crippen molar-refractivity contribution in [3.63, 3.8) is 0 Å². The van der Waals surface area contributed by atoms with Gasteiger partial charge in [-0.25, -0.2) is 13.1 Å². The van der Waals surface area contributed by atoms with Crippen molar-refractivity contribution in [2.24, 2.45) is 5.41 Å². The van der Waals surface area contributed by atoms with Crippen LogP contribution in [-0.4, -0.2) is 20.3 Å². The Kier molecular flexibility index (Phi) is 5.26. The van der Waals surface area contributed by atoms with E-state index in [2.05, 4.69) is 20.7 Å². The summed E-state index contributed by atoms with van der Waals surface area (Å²) in [6, 6.07) is 6.99.